The average Bonchev–Trinajstić information content (AvgIpc) is 3.58. The lowest BCUT2D eigenvalue weighted by Gasteiger charge is -2.10. The first-order chi connectivity index (χ1) is 17.7. The number of carbonyl (C=O) groups is 1. The van der Waals surface area contributed by atoms with Crippen molar-refractivity contribution in [1.29, 1.82) is 0 Å². The van der Waals surface area contributed by atoms with Crippen LogP contribution in [0.2, 0.25) is 0 Å². The molecule has 0 saturated carbocycles. The van der Waals surface area contributed by atoms with Crippen molar-refractivity contribution < 1.29 is 23.1 Å². The summed E-state index contributed by atoms with van der Waals surface area (Å²) in [5.74, 6) is 1.61. The highest BCUT2D eigenvalue weighted by Gasteiger charge is 2.11. The number of rotatable bonds is 10. The lowest BCUT2D eigenvalue weighted by Crippen LogP contribution is -2.25. The molecule has 6 heteroatoms. The predicted octanol–water partition coefficient (Wildman–Crippen LogP) is 6.43. The van der Waals surface area contributed by atoms with E-state index in [-0.39, 0.29) is 5.91 Å². The van der Waals surface area contributed by atoms with E-state index in [0.29, 0.717) is 31.9 Å². The van der Waals surface area contributed by atoms with Crippen LogP contribution in [0.25, 0.3) is 22.1 Å². The van der Waals surface area contributed by atoms with Gasteiger partial charge in [-0.15, -0.1) is 0 Å². The first kappa shape index (κ1) is 23.3. The Morgan fingerprint density at radius 3 is 2.42 bits per heavy atom. The number of ether oxygens (including phenoxy) is 2. The van der Waals surface area contributed by atoms with Gasteiger partial charge in [0.2, 0.25) is 0 Å². The van der Waals surface area contributed by atoms with E-state index in [1.165, 1.54) is 23.0 Å². The lowest BCUT2D eigenvalue weighted by molar-refractivity contribution is 0.0926. The number of nitrogens with one attached hydrogen (secondary N) is 1. The molecular weight excluding hydrogens is 454 g/mol. The van der Waals surface area contributed by atoms with Crippen molar-refractivity contribution in [1.82, 2.24) is 5.32 Å². The summed E-state index contributed by atoms with van der Waals surface area (Å²) in [7, 11) is 0. The van der Waals surface area contributed by atoms with Gasteiger partial charge in [0.05, 0.1) is 12.5 Å². The molecule has 3 aromatic carbocycles. The van der Waals surface area contributed by atoms with Crippen molar-refractivity contribution in [2.45, 2.75) is 13.3 Å². The van der Waals surface area contributed by atoms with E-state index in [0.717, 1.165) is 28.0 Å². The third-order valence-electron chi connectivity index (χ3n) is 5.98. The van der Waals surface area contributed by atoms with Crippen molar-refractivity contribution in [2.75, 3.05) is 19.8 Å². The largest absolute Gasteiger partial charge is 0.490 e. The Bertz CT molecular complexity index is 1430. The summed E-state index contributed by atoms with van der Waals surface area (Å²) in [5, 5.41) is 3.82. The molecule has 5 aromatic rings. The Balaban J connectivity index is 1.12. The van der Waals surface area contributed by atoms with Crippen molar-refractivity contribution in [2.24, 2.45) is 0 Å². The summed E-state index contributed by atoms with van der Waals surface area (Å²) < 4.78 is 22.5. The molecule has 1 N–H and O–H groups in total. The number of hydrogen-bond donors (Lipinski definition) is 1. The molecule has 0 radical (unpaired) electrons. The topological polar surface area (TPSA) is 73.8 Å². The number of hydrogen-bond acceptors (Lipinski definition) is 5. The number of aryl methyl sites for hydroxylation is 1. The maximum atomic E-state index is 12.0. The van der Waals surface area contributed by atoms with Gasteiger partial charge in [0, 0.05) is 17.5 Å². The van der Waals surface area contributed by atoms with Gasteiger partial charge >= 0.3 is 0 Å². The first-order valence-electron chi connectivity index (χ1n) is 11.9. The summed E-state index contributed by atoms with van der Waals surface area (Å²) in [6, 6.07) is 25.5. The third-order valence-corrected chi connectivity index (χ3v) is 5.98. The smallest absolute Gasteiger partial charge is 0.286 e. The summed E-state index contributed by atoms with van der Waals surface area (Å²) in [6.07, 6.45) is 3.83. The van der Waals surface area contributed by atoms with Gasteiger partial charge in [0.1, 0.15) is 30.3 Å². The summed E-state index contributed by atoms with van der Waals surface area (Å²) in [6.45, 7) is 3.42. The third kappa shape index (κ3) is 5.44. The molecule has 0 aliphatic heterocycles. The molecule has 0 unspecified atom stereocenters. The fourth-order valence-electron chi connectivity index (χ4n) is 4.10. The molecule has 6 nitrogen and oxygen atoms in total. The van der Waals surface area contributed by atoms with Gasteiger partial charge in [-0.3, -0.25) is 4.79 Å². The van der Waals surface area contributed by atoms with Crippen LogP contribution in [0.3, 0.4) is 0 Å². The van der Waals surface area contributed by atoms with Crippen LogP contribution in [-0.4, -0.2) is 25.7 Å². The molecule has 5 rings (SSSR count). The first-order valence-corrected chi connectivity index (χ1v) is 11.9. The Morgan fingerprint density at radius 2 is 1.64 bits per heavy atom. The van der Waals surface area contributed by atoms with E-state index in [4.69, 9.17) is 18.3 Å². The van der Waals surface area contributed by atoms with Crippen LogP contribution >= 0.6 is 0 Å². The molecule has 0 bridgehead atoms. The molecule has 0 atom stereocenters. The number of amides is 1. The minimum atomic E-state index is -0.235. The van der Waals surface area contributed by atoms with E-state index >= 15 is 0 Å². The van der Waals surface area contributed by atoms with Gasteiger partial charge in [-0.05, 0) is 72.5 Å². The van der Waals surface area contributed by atoms with Crippen LogP contribution in [0.5, 0.6) is 11.5 Å². The van der Waals surface area contributed by atoms with Crippen molar-refractivity contribution in [3.05, 3.63) is 108 Å². The average molecular weight is 482 g/mol. The van der Waals surface area contributed by atoms with Crippen LogP contribution < -0.4 is 14.8 Å². The minimum Gasteiger partial charge on any atom is -0.490 e. The molecule has 2 heterocycles. The summed E-state index contributed by atoms with van der Waals surface area (Å²) >= 11 is 0. The highest BCUT2D eigenvalue weighted by atomic mass is 16.5. The fraction of sp³-hybridized carbons (Fsp3) is 0.167. The Kier molecular flexibility index (Phi) is 7.03. The van der Waals surface area contributed by atoms with Crippen LogP contribution in [0.4, 0.5) is 0 Å². The Labute approximate surface area is 209 Å². The van der Waals surface area contributed by atoms with E-state index in [1.54, 1.807) is 18.4 Å². The van der Waals surface area contributed by atoms with E-state index in [2.05, 4.69) is 36.5 Å². The highest BCUT2D eigenvalue weighted by Crippen LogP contribution is 2.27. The van der Waals surface area contributed by atoms with E-state index < -0.39 is 0 Å². The molecule has 2 aromatic heterocycles. The molecule has 182 valence electrons. The van der Waals surface area contributed by atoms with Gasteiger partial charge in [-0.25, -0.2) is 0 Å². The maximum Gasteiger partial charge on any atom is 0.286 e. The van der Waals surface area contributed by atoms with Crippen LogP contribution in [0.1, 0.15) is 21.7 Å². The molecular formula is C30H27NO5. The standard InChI is InChI=1S/C30H27NO5/c1-21-5-2-3-6-26(21)22-8-10-24(11-9-22)33-17-18-34-25-12-13-28-27(19-25)23(20-36-28)14-15-31-30(32)29-7-4-16-35-29/h2-13,16,19-20H,14-15,17-18H2,1H3,(H,31,32). The maximum absolute atomic E-state index is 12.0. The number of fused-ring (bicyclic) bond motifs is 1. The quantitative estimate of drug-likeness (QED) is 0.233. The second-order valence-corrected chi connectivity index (χ2v) is 8.44. The van der Waals surface area contributed by atoms with Crippen molar-refractivity contribution >= 4 is 16.9 Å². The summed E-state index contributed by atoms with van der Waals surface area (Å²) in [4.78, 5) is 12.0. The van der Waals surface area contributed by atoms with Crippen LogP contribution in [0, 0.1) is 6.92 Å². The number of furan rings is 2. The lowest BCUT2D eigenvalue weighted by atomic mass is 10.0. The monoisotopic (exact) mass is 481 g/mol. The molecule has 0 aliphatic rings. The SMILES string of the molecule is Cc1ccccc1-c1ccc(OCCOc2ccc3occ(CCNC(=O)c4ccco4)c3c2)cc1. The molecule has 0 aliphatic carbocycles. The molecule has 0 fully saturated rings. The van der Waals surface area contributed by atoms with Crippen molar-refractivity contribution in [3.63, 3.8) is 0 Å². The Hall–Kier alpha value is -4.45. The van der Waals surface area contributed by atoms with E-state index in [1.807, 2.05) is 42.5 Å². The summed E-state index contributed by atoms with van der Waals surface area (Å²) in [5.41, 5.74) is 5.42. The number of benzene rings is 3. The zero-order valence-corrected chi connectivity index (χ0v) is 20.0. The van der Waals surface area contributed by atoms with E-state index in [9.17, 15) is 4.79 Å². The predicted molar refractivity (Wildman–Crippen MR) is 139 cm³/mol. The highest BCUT2D eigenvalue weighted by molar-refractivity contribution is 5.91. The Morgan fingerprint density at radius 1 is 0.861 bits per heavy atom. The molecule has 0 saturated heterocycles. The van der Waals surface area contributed by atoms with Gasteiger partial charge in [0.25, 0.3) is 5.91 Å². The molecule has 36 heavy (non-hydrogen) atoms. The van der Waals surface area contributed by atoms with Gasteiger partial charge in [-0.1, -0.05) is 36.4 Å². The zero-order chi connectivity index (χ0) is 24.7. The van der Waals surface area contributed by atoms with Crippen molar-refractivity contribution in [3.8, 4) is 22.6 Å². The zero-order valence-electron chi connectivity index (χ0n) is 20.0. The normalized spacial score (nSPS) is 10.9. The minimum absolute atomic E-state index is 0.235. The second kappa shape index (κ2) is 10.9. The van der Waals surface area contributed by atoms with Gasteiger partial charge < -0.3 is 23.6 Å². The van der Waals surface area contributed by atoms with Crippen LogP contribution in [-0.2, 0) is 6.42 Å². The molecule has 0 spiro atoms. The number of carbonyl (C=O) groups excluding carboxylic acids is 1. The van der Waals surface area contributed by atoms with Gasteiger partial charge in [-0.2, -0.15) is 0 Å². The fourth-order valence-corrected chi connectivity index (χ4v) is 4.10. The van der Waals surface area contributed by atoms with Crippen LogP contribution in [0.15, 0.2) is 100 Å². The second-order valence-electron chi connectivity index (χ2n) is 8.44. The molecule has 1 amide bonds. The van der Waals surface area contributed by atoms with Gasteiger partial charge in [0.15, 0.2) is 5.76 Å².